The predicted octanol–water partition coefficient (Wildman–Crippen LogP) is 3.27. The van der Waals surface area contributed by atoms with Crippen molar-refractivity contribution in [1.29, 1.82) is 0 Å². The first kappa shape index (κ1) is 11.5. The van der Waals surface area contributed by atoms with Gasteiger partial charge in [-0.25, -0.2) is 13.8 Å². The zero-order valence-electron chi connectivity index (χ0n) is 9.22. The van der Waals surface area contributed by atoms with Crippen LogP contribution in [0.4, 0.5) is 8.78 Å². The molecule has 0 radical (unpaired) electrons. The summed E-state index contributed by atoms with van der Waals surface area (Å²) in [5.41, 5.74) is 0.160. The van der Waals surface area contributed by atoms with E-state index in [9.17, 15) is 8.78 Å². The number of hydrogen-bond donors (Lipinski definition) is 0. The minimum absolute atomic E-state index is 0.353. The van der Waals surface area contributed by atoms with Crippen LogP contribution >= 0.6 is 11.6 Å². The van der Waals surface area contributed by atoms with Crippen LogP contribution in [-0.2, 0) is 0 Å². The molecule has 0 aromatic carbocycles. The predicted molar refractivity (Wildman–Crippen MR) is 61.5 cm³/mol. The lowest BCUT2D eigenvalue weighted by molar-refractivity contribution is 0.145. The smallest absolute Gasteiger partial charge is 0.282 e. The zero-order valence-corrected chi connectivity index (χ0v) is 9.98. The molecule has 3 rings (SSSR count). The minimum atomic E-state index is -2.64. The summed E-state index contributed by atoms with van der Waals surface area (Å²) in [6.45, 7) is 0. The number of halogens is 3. The fourth-order valence-corrected chi connectivity index (χ4v) is 2.01. The Morgan fingerprint density at radius 1 is 1.39 bits per heavy atom. The Labute approximate surface area is 107 Å². The Morgan fingerprint density at radius 2 is 2.17 bits per heavy atom. The SMILES string of the molecule is FC(F)c1cc(-c2nc(Cl)cn2C2CC2)cnn1. The summed E-state index contributed by atoms with van der Waals surface area (Å²) in [6.07, 6.45) is 2.61. The molecule has 1 aliphatic rings. The minimum Gasteiger partial charge on any atom is -0.326 e. The van der Waals surface area contributed by atoms with Gasteiger partial charge in [0.15, 0.2) is 0 Å². The van der Waals surface area contributed by atoms with Gasteiger partial charge in [-0.05, 0) is 18.9 Å². The number of hydrogen-bond acceptors (Lipinski definition) is 3. The Bertz CT molecular complexity index is 580. The van der Waals surface area contributed by atoms with Gasteiger partial charge >= 0.3 is 0 Å². The molecule has 2 heterocycles. The van der Waals surface area contributed by atoms with E-state index in [4.69, 9.17) is 11.6 Å². The second-order valence-electron chi connectivity index (χ2n) is 4.20. The molecule has 0 unspecified atom stereocenters. The third kappa shape index (κ3) is 2.08. The number of nitrogens with zero attached hydrogens (tertiary/aromatic N) is 4. The fraction of sp³-hybridized carbons (Fsp3) is 0.364. The first-order chi connectivity index (χ1) is 8.65. The van der Waals surface area contributed by atoms with Crippen LogP contribution in [0.1, 0.15) is 31.0 Å². The van der Waals surface area contributed by atoms with Crippen molar-refractivity contribution in [2.45, 2.75) is 25.3 Å². The molecule has 0 N–H and O–H groups in total. The molecule has 0 amide bonds. The van der Waals surface area contributed by atoms with Crippen molar-refractivity contribution in [2.75, 3.05) is 0 Å². The summed E-state index contributed by atoms with van der Waals surface area (Å²) < 4.78 is 27.1. The molecule has 1 aliphatic carbocycles. The van der Waals surface area contributed by atoms with Crippen LogP contribution in [0.3, 0.4) is 0 Å². The van der Waals surface area contributed by atoms with Crippen molar-refractivity contribution in [3.8, 4) is 11.4 Å². The maximum Gasteiger partial charge on any atom is 0.282 e. The van der Waals surface area contributed by atoms with Crippen molar-refractivity contribution in [2.24, 2.45) is 0 Å². The van der Waals surface area contributed by atoms with E-state index in [1.807, 2.05) is 4.57 Å². The summed E-state index contributed by atoms with van der Waals surface area (Å²) in [5.74, 6) is 0.569. The van der Waals surface area contributed by atoms with Gasteiger partial charge in [0, 0.05) is 17.8 Å². The third-order valence-electron chi connectivity index (χ3n) is 2.80. The monoisotopic (exact) mass is 270 g/mol. The Kier molecular flexibility index (Phi) is 2.74. The van der Waals surface area contributed by atoms with Crippen LogP contribution < -0.4 is 0 Å². The molecule has 1 saturated carbocycles. The standard InChI is InChI=1S/C11H9ClF2N4/c12-9-5-18(7-1-2-7)11(16-9)6-3-8(10(13)14)17-15-4-6/h3-5,7,10H,1-2H2. The molecular formula is C11H9ClF2N4. The molecule has 4 nitrogen and oxygen atoms in total. The second kappa shape index (κ2) is 4.28. The maximum atomic E-state index is 12.6. The molecule has 94 valence electrons. The number of imidazole rings is 1. The highest BCUT2D eigenvalue weighted by molar-refractivity contribution is 6.29. The van der Waals surface area contributed by atoms with Gasteiger partial charge in [-0.3, -0.25) is 0 Å². The van der Waals surface area contributed by atoms with Crippen molar-refractivity contribution in [1.82, 2.24) is 19.7 Å². The summed E-state index contributed by atoms with van der Waals surface area (Å²) >= 11 is 5.87. The lowest BCUT2D eigenvalue weighted by Gasteiger charge is -2.06. The van der Waals surface area contributed by atoms with E-state index in [2.05, 4.69) is 15.2 Å². The van der Waals surface area contributed by atoms with Gasteiger partial charge in [-0.1, -0.05) is 11.6 Å². The first-order valence-electron chi connectivity index (χ1n) is 5.50. The van der Waals surface area contributed by atoms with Crippen LogP contribution in [0.15, 0.2) is 18.5 Å². The van der Waals surface area contributed by atoms with Crippen LogP contribution in [0, 0.1) is 0 Å². The van der Waals surface area contributed by atoms with Gasteiger partial charge < -0.3 is 4.57 Å². The van der Waals surface area contributed by atoms with Crippen molar-refractivity contribution in [3.63, 3.8) is 0 Å². The highest BCUT2D eigenvalue weighted by Gasteiger charge is 2.27. The topological polar surface area (TPSA) is 43.6 Å². The summed E-state index contributed by atoms with van der Waals surface area (Å²) in [6, 6.07) is 1.66. The number of aromatic nitrogens is 4. The Morgan fingerprint density at radius 3 is 2.83 bits per heavy atom. The molecule has 2 aromatic rings. The third-order valence-corrected chi connectivity index (χ3v) is 2.98. The van der Waals surface area contributed by atoms with E-state index in [1.54, 1.807) is 6.20 Å². The van der Waals surface area contributed by atoms with E-state index in [0.717, 1.165) is 12.8 Å². The summed E-state index contributed by atoms with van der Waals surface area (Å²) in [5, 5.41) is 7.33. The van der Waals surface area contributed by atoms with Gasteiger partial charge in [0.2, 0.25) is 0 Å². The van der Waals surface area contributed by atoms with E-state index < -0.39 is 6.43 Å². The molecule has 0 aliphatic heterocycles. The molecule has 2 aromatic heterocycles. The number of alkyl halides is 2. The van der Waals surface area contributed by atoms with Gasteiger partial charge in [0.25, 0.3) is 6.43 Å². The molecule has 0 saturated heterocycles. The van der Waals surface area contributed by atoms with Crippen molar-refractivity contribution in [3.05, 3.63) is 29.3 Å². The molecule has 0 bridgehead atoms. The van der Waals surface area contributed by atoms with Crippen LogP contribution in [0.25, 0.3) is 11.4 Å². The fourth-order valence-electron chi connectivity index (χ4n) is 1.82. The average Bonchev–Trinajstić information content (AvgIpc) is 3.12. The first-order valence-corrected chi connectivity index (χ1v) is 5.88. The van der Waals surface area contributed by atoms with Crippen molar-refractivity contribution >= 4 is 11.6 Å². The highest BCUT2D eigenvalue weighted by atomic mass is 35.5. The molecule has 7 heteroatoms. The Hall–Kier alpha value is -1.56. The quantitative estimate of drug-likeness (QED) is 0.860. The van der Waals surface area contributed by atoms with Gasteiger partial charge in [-0.2, -0.15) is 5.10 Å². The van der Waals surface area contributed by atoms with E-state index in [-0.39, 0.29) is 5.69 Å². The van der Waals surface area contributed by atoms with Gasteiger partial charge in [0.1, 0.15) is 16.7 Å². The maximum absolute atomic E-state index is 12.6. The second-order valence-corrected chi connectivity index (χ2v) is 4.58. The molecule has 18 heavy (non-hydrogen) atoms. The number of rotatable bonds is 3. The Balaban J connectivity index is 2.06. The van der Waals surface area contributed by atoms with Crippen LogP contribution in [0.2, 0.25) is 5.15 Å². The largest absolute Gasteiger partial charge is 0.326 e. The lowest BCUT2D eigenvalue weighted by atomic mass is 10.2. The van der Waals surface area contributed by atoms with Crippen LogP contribution in [-0.4, -0.2) is 19.7 Å². The van der Waals surface area contributed by atoms with E-state index in [1.165, 1.54) is 12.3 Å². The normalized spacial score (nSPS) is 15.3. The summed E-state index contributed by atoms with van der Waals surface area (Å²) in [7, 11) is 0. The molecule has 0 spiro atoms. The molecule has 1 fully saturated rings. The molecule has 0 atom stereocenters. The lowest BCUT2D eigenvalue weighted by Crippen LogP contribution is -1.99. The van der Waals surface area contributed by atoms with E-state index in [0.29, 0.717) is 22.6 Å². The van der Waals surface area contributed by atoms with Crippen LogP contribution in [0.5, 0.6) is 0 Å². The average molecular weight is 271 g/mol. The van der Waals surface area contributed by atoms with E-state index >= 15 is 0 Å². The molecular weight excluding hydrogens is 262 g/mol. The zero-order chi connectivity index (χ0) is 12.7. The van der Waals surface area contributed by atoms with Crippen molar-refractivity contribution < 1.29 is 8.78 Å². The van der Waals surface area contributed by atoms with Gasteiger partial charge in [0.05, 0.1) is 6.20 Å². The highest BCUT2D eigenvalue weighted by Crippen LogP contribution is 2.39. The summed E-state index contributed by atoms with van der Waals surface area (Å²) in [4.78, 5) is 4.16. The van der Waals surface area contributed by atoms with Gasteiger partial charge in [-0.15, -0.1) is 5.10 Å².